The highest BCUT2D eigenvalue weighted by atomic mass is 79.9. The first kappa shape index (κ1) is 13.3. The molecule has 1 aliphatic rings. The monoisotopic (exact) mass is 308 g/mol. The van der Waals surface area contributed by atoms with Crippen molar-refractivity contribution < 1.29 is 4.79 Å². The smallest absolute Gasteiger partial charge is 0.252 e. The number of nitrogens with zero attached hydrogens (tertiary/aromatic N) is 1. The van der Waals surface area contributed by atoms with Crippen LogP contribution in [0.25, 0.3) is 0 Å². The summed E-state index contributed by atoms with van der Waals surface area (Å²) in [5, 5.41) is 2.93. The Hall–Kier alpha value is -1.16. The fourth-order valence-corrected chi connectivity index (χ4v) is 2.32. The Labute approximate surface area is 116 Å². The summed E-state index contributed by atoms with van der Waals surface area (Å²) in [5.74, 6) is -0.0496. The molecular formula is C14H17BrN2O. The Morgan fingerprint density at radius 3 is 2.94 bits per heavy atom. The first-order valence-electron chi connectivity index (χ1n) is 6.33. The number of halogens is 1. The maximum Gasteiger partial charge on any atom is 0.252 e. The van der Waals surface area contributed by atoms with Gasteiger partial charge in [0.1, 0.15) is 4.60 Å². The van der Waals surface area contributed by atoms with Gasteiger partial charge in [-0.25, -0.2) is 4.98 Å². The minimum absolute atomic E-state index is 0.0496. The van der Waals surface area contributed by atoms with Crippen molar-refractivity contribution in [1.29, 1.82) is 0 Å². The number of carbonyl (C=O) groups is 1. The predicted octanol–water partition coefficient (Wildman–Crippen LogP) is 3.46. The van der Waals surface area contributed by atoms with Crippen molar-refractivity contribution in [3.8, 4) is 0 Å². The maximum atomic E-state index is 11.8. The molecule has 2 rings (SSSR count). The molecule has 1 aliphatic carbocycles. The van der Waals surface area contributed by atoms with Crippen LogP contribution in [0.4, 0.5) is 0 Å². The zero-order valence-corrected chi connectivity index (χ0v) is 11.9. The molecule has 4 heteroatoms. The van der Waals surface area contributed by atoms with E-state index in [1.54, 1.807) is 18.3 Å². The molecule has 1 heterocycles. The number of carbonyl (C=O) groups excluding carboxylic acids is 1. The quantitative estimate of drug-likeness (QED) is 0.683. The lowest BCUT2D eigenvalue weighted by molar-refractivity contribution is 0.0953. The standard InChI is InChI=1S/C14H17BrN2O/c15-13-7-6-12(10-17-13)14(18)16-9-8-11-4-2-1-3-5-11/h4,6-7,10H,1-3,5,8-9H2,(H,16,18). The Kier molecular flexibility index (Phi) is 4.93. The van der Waals surface area contributed by atoms with Gasteiger partial charge < -0.3 is 5.32 Å². The van der Waals surface area contributed by atoms with Gasteiger partial charge in [0.25, 0.3) is 5.91 Å². The van der Waals surface area contributed by atoms with E-state index in [2.05, 4.69) is 32.3 Å². The third kappa shape index (κ3) is 3.95. The molecule has 0 radical (unpaired) electrons. The number of pyridine rings is 1. The van der Waals surface area contributed by atoms with Gasteiger partial charge in [-0.15, -0.1) is 0 Å². The van der Waals surface area contributed by atoms with Crippen LogP contribution in [0.3, 0.4) is 0 Å². The molecule has 1 aromatic heterocycles. The summed E-state index contributed by atoms with van der Waals surface area (Å²) in [6.45, 7) is 0.709. The summed E-state index contributed by atoms with van der Waals surface area (Å²) >= 11 is 3.25. The molecule has 1 N–H and O–H groups in total. The molecule has 0 saturated heterocycles. The number of rotatable bonds is 4. The first-order valence-corrected chi connectivity index (χ1v) is 7.12. The predicted molar refractivity (Wildman–Crippen MR) is 75.4 cm³/mol. The van der Waals surface area contributed by atoms with Crippen LogP contribution in [0.5, 0.6) is 0 Å². The number of allylic oxidation sites excluding steroid dienone is 1. The zero-order chi connectivity index (χ0) is 12.8. The van der Waals surface area contributed by atoms with E-state index in [4.69, 9.17) is 0 Å². The minimum Gasteiger partial charge on any atom is -0.352 e. The van der Waals surface area contributed by atoms with Crippen molar-refractivity contribution in [1.82, 2.24) is 10.3 Å². The van der Waals surface area contributed by atoms with Crippen molar-refractivity contribution >= 4 is 21.8 Å². The van der Waals surface area contributed by atoms with E-state index in [0.717, 1.165) is 11.0 Å². The molecule has 0 saturated carbocycles. The normalized spacial score (nSPS) is 15.1. The van der Waals surface area contributed by atoms with Gasteiger partial charge in [-0.2, -0.15) is 0 Å². The van der Waals surface area contributed by atoms with Crippen molar-refractivity contribution in [3.63, 3.8) is 0 Å². The van der Waals surface area contributed by atoms with Gasteiger partial charge in [0, 0.05) is 12.7 Å². The summed E-state index contributed by atoms with van der Waals surface area (Å²) in [6.07, 6.45) is 9.85. The van der Waals surface area contributed by atoms with Crippen LogP contribution >= 0.6 is 15.9 Å². The molecule has 0 spiro atoms. The third-order valence-electron chi connectivity index (χ3n) is 3.11. The summed E-state index contributed by atoms with van der Waals surface area (Å²) in [7, 11) is 0. The molecule has 0 aromatic carbocycles. The highest BCUT2D eigenvalue weighted by Gasteiger charge is 2.07. The van der Waals surface area contributed by atoms with Crippen LogP contribution in [-0.4, -0.2) is 17.4 Å². The SMILES string of the molecule is O=C(NCCC1=CCCCC1)c1ccc(Br)nc1. The van der Waals surface area contributed by atoms with E-state index in [0.29, 0.717) is 12.1 Å². The van der Waals surface area contributed by atoms with E-state index in [1.165, 1.54) is 31.3 Å². The lowest BCUT2D eigenvalue weighted by Gasteiger charge is -2.12. The van der Waals surface area contributed by atoms with Crippen LogP contribution < -0.4 is 5.32 Å². The van der Waals surface area contributed by atoms with Gasteiger partial charge >= 0.3 is 0 Å². The van der Waals surface area contributed by atoms with Crippen molar-refractivity contribution in [2.45, 2.75) is 32.1 Å². The Morgan fingerprint density at radius 1 is 1.39 bits per heavy atom. The molecule has 1 aromatic rings. The van der Waals surface area contributed by atoms with E-state index >= 15 is 0 Å². The topological polar surface area (TPSA) is 42.0 Å². The summed E-state index contributed by atoms with van der Waals surface area (Å²) in [5.41, 5.74) is 2.09. The number of nitrogens with one attached hydrogen (secondary N) is 1. The van der Waals surface area contributed by atoms with Gasteiger partial charge in [0.15, 0.2) is 0 Å². The molecule has 3 nitrogen and oxygen atoms in total. The fourth-order valence-electron chi connectivity index (χ4n) is 2.08. The highest BCUT2D eigenvalue weighted by Crippen LogP contribution is 2.19. The van der Waals surface area contributed by atoms with Crippen molar-refractivity contribution in [2.75, 3.05) is 6.54 Å². The number of amides is 1. The van der Waals surface area contributed by atoms with Crippen LogP contribution in [-0.2, 0) is 0 Å². The van der Waals surface area contributed by atoms with Crippen LogP contribution in [0.15, 0.2) is 34.6 Å². The molecule has 1 amide bonds. The second-order valence-corrected chi connectivity index (χ2v) is 5.30. The number of hydrogen-bond acceptors (Lipinski definition) is 2. The second-order valence-electron chi connectivity index (χ2n) is 4.48. The molecule has 0 fully saturated rings. The van der Waals surface area contributed by atoms with Gasteiger partial charge in [-0.05, 0) is 60.2 Å². The summed E-state index contributed by atoms with van der Waals surface area (Å²) < 4.78 is 0.742. The molecule has 0 bridgehead atoms. The van der Waals surface area contributed by atoms with Gasteiger partial charge in [0.2, 0.25) is 0 Å². The van der Waals surface area contributed by atoms with E-state index in [-0.39, 0.29) is 5.91 Å². The van der Waals surface area contributed by atoms with E-state index < -0.39 is 0 Å². The number of aromatic nitrogens is 1. The van der Waals surface area contributed by atoms with Gasteiger partial charge in [0.05, 0.1) is 5.56 Å². The average molecular weight is 309 g/mol. The molecule has 0 unspecified atom stereocenters. The Bertz CT molecular complexity index is 440. The molecule has 18 heavy (non-hydrogen) atoms. The molecule has 0 atom stereocenters. The first-order chi connectivity index (χ1) is 8.75. The molecule has 0 aliphatic heterocycles. The number of hydrogen-bond donors (Lipinski definition) is 1. The highest BCUT2D eigenvalue weighted by molar-refractivity contribution is 9.10. The van der Waals surface area contributed by atoms with Crippen LogP contribution in [0.1, 0.15) is 42.5 Å². The molecule has 96 valence electrons. The zero-order valence-electron chi connectivity index (χ0n) is 10.3. The maximum absolute atomic E-state index is 11.8. The molecular weight excluding hydrogens is 292 g/mol. The second kappa shape index (κ2) is 6.69. The Morgan fingerprint density at radius 2 is 2.28 bits per heavy atom. The lowest BCUT2D eigenvalue weighted by atomic mass is 9.97. The summed E-state index contributed by atoms with van der Waals surface area (Å²) in [6, 6.07) is 3.55. The summed E-state index contributed by atoms with van der Waals surface area (Å²) in [4.78, 5) is 15.9. The van der Waals surface area contributed by atoms with Crippen LogP contribution in [0.2, 0.25) is 0 Å². The average Bonchev–Trinajstić information content (AvgIpc) is 2.40. The fraction of sp³-hybridized carbons (Fsp3) is 0.429. The lowest BCUT2D eigenvalue weighted by Crippen LogP contribution is -2.25. The van der Waals surface area contributed by atoms with Gasteiger partial charge in [-0.3, -0.25) is 4.79 Å². The van der Waals surface area contributed by atoms with E-state index in [1.807, 2.05) is 0 Å². The Balaban J connectivity index is 1.78. The largest absolute Gasteiger partial charge is 0.352 e. The third-order valence-corrected chi connectivity index (χ3v) is 3.58. The van der Waals surface area contributed by atoms with Gasteiger partial charge in [-0.1, -0.05) is 11.6 Å². The minimum atomic E-state index is -0.0496. The van der Waals surface area contributed by atoms with Crippen LogP contribution in [0, 0.1) is 0 Å². The van der Waals surface area contributed by atoms with E-state index in [9.17, 15) is 4.79 Å². The van der Waals surface area contributed by atoms with Crippen molar-refractivity contribution in [3.05, 3.63) is 40.1 Å². The van der Waals surface area contributed by atoms with Crippen molar-refractivity contribution in [2.24, 2.45) is 0 Å².